The Morgan fingerprint density at radius 1 is 0.793 bits per heavy atom. The molecule has 1 rings (SSSR count). The average Bonchev–Trinajstić information content (AvgIpc) is 3.02. The molecule has 1 fully saturated rings. The summed E-state index contributed by atoms with van der Waals surface area (Å²) in [6.45, 7) is 2.23. The number of unbranched alkanes of at least 4 members (excludes halogenated alkanes) is 7. The molecule has 0 radical (unpaired) electrons. The van der Waals surface area contributed by atoms with E-state index in [0.29, 0.717) is 11.5 Å². The molecular formula is C24H37NO4. The Kier molecular flexibility index (Phi) is 14.4. The molecular weight excluding hydrogens is 366 g/mol. The lowest BCUT2D eigenvalue weighted by molar-refractivity contribution is -0.197. The molecule has 1 aliphatic heterocycles. The van der Waals surface area contributed by atoms with Gasteiger partial charge in [0.05, 0.1) is 0 Å². The molecule has 2 amide bonds. The summed E-state index contributed by atoms with van der Waals surface area (Å²) in [5.41, 5.74) is 0. The van der Waals surface area contributed by atoms with Gasteiger partial charge in [-0.2, -0.15) is 0 Å². The largest absolute Gasteiger partial charge is 0.333 e. The maximum absolute atomic E-state index is 11.7. The SMILES string of the molecule is CCCCC/C=C\C/C=C\C/C=C\CCCCCCC(=O)ON1C(=O)CCC1=O. The highest BCUT2D eigenvalue weighted by molar-refractivity contribution is 6.01. The van der Waals surface area contributed by atoms with Crippen molar-refractivity contribution in [3.8, 4) is 0 Å². The van der Waals surface area contributed by atoms with Gasteiger partial charge in [-0.25, -0.2) is 4.79 Å². The number of imide groups is 1. The lowest BCUT2D eigenvalue weighted by atomic mass is 10.1. The van der Waals surface area contributed by atoms with E-state index in [1.807, 2.05) is 0 Å². The van der Waals surface area contributed by atoms with E-state index in [-0.39, 0.29) is 19.3 Å². The lowest BCUT2D eigenvalue weighted by Gasteiger charge is -2.12. The molecule has 0 aromatic carbocycles. The molecule has 5 heteroatoms. The molecule has 0 N–H and O–H groups in total. The highest BCUT2D eigenvalue weighted by atomic mass is 16.7. The third kappa shape index (κ3) is 12.8. The van der Waals surface area contributed by atoms with Crippen LogP contribution in [-0.2, 0) is 19.2 Å². The molecule has 1 saturated heterocycles. The van der Waals surface area contributed by atoms with Crippen LogP contribution in [0.3, 0.4) is 0 Å². The van der Waals surface area contributed by atoms with Crippen LogP contribution in [0.4, 0.5) is 0 Å². The number of hydroxylamine groups is 2. The third-order valence-electron chi connectivity index (χ3n) is 4.72. The highest BCUT2D eigenvalue weighted by Crippen LogP contribution is 2.14. The number of amides is 2. The summed E-state index contributed by atoms with van der Waals surface area (Å²) < 4.78 is 0. The van der Waals surface area contributed by atoms with Gasteiger partial charge in [0.2, 0.25) is 0 Å². The van der Waals surface area contributed by atoms with Gasteiger partial charge in [-0.1, -0.05) is 69.1 Å². The first-order valence-electron chi connectivity index (χ1n) is 11.2. The zero-order valence-electron chi connectivity index (χ0n) is 17.9. The standard InChI is InChI=1S/C24H37NO4/c1-2-3-4-5-6-7-8-9-10-11-12-13-14-15-16-17-18-19-24(28)29-25-22(26)20-21-23(25)27/h6-7,9-10,12-13H,2-5,8,11,14-21H2,1H3/b7-6-,10-9-,13-12-. The molecule has 29 heavy (non-hydrogen) atoms. The minimum absolute atomic E-state index is 0.131. The van der Waals surface area contributed by atoms with Gasteiger partial charge < -0.3 is 4.84 Å². The van der Waals surface area contributed by atoms with Gasteiger partial charge in [-0.15, -0.1) is 5.06 Å². The van der Waals surface area contributed by atoms with Crippen molar-refractivity contribution < 1.29 is 19.2 Å². The molecule has 0 aromatic heterocycles. The predicted molar refractivity (Wildman–Crippen MR) is 116 cm³/mol. The fourth-order valence-corrected chi connectivity index (χ4v) is 2.98. The second-order valence-corrected chi connectivity index (χ2v) is 7.38. The van der Waals surface area contributed by atoms with E-state index < -0.39 is 17.8 Å². The first-order valence-corrected chi connectivity index (χ1v) is 11.2. The minimum atomic E-state index is -0.504. The molecule has 0 spiro atoms. The van der Waals surface area contributed by atoms with Crippen molar-refractivity contribution >= 4 is 17.8 Å². The van der Waals surface area contributed by atoms with E-state index in [0.717, 1.165) is 38.5 Å². The van der Waals surface area contributed by atoms with Gasteiger partial charge in [-0.3, -0.25) is 9.59 Å². The Morgan fingerprint density at radius 2 is 1.31 bits per heavy atom. The fourth-order valence-electron chi connectivity index (χ4n) is 2.98. The monoisotopic (exact) mass is 403 g/mol. The maximum atomic E-state index is 11.7. The average molecular weight is 404 g/mol. The summed E-state index contributed by atoms with van der Waals surface area (Å²) in [6, 6.07) is 0. The van der Waals surface area contributed by atoms with Gasteiger partial charge in [0, 0.05) is 19.3 Å². The Morgan fingerprint density at radius 3 is 1.90 bits per heavy atom. The number of carbonyl (C=O) groups excluding carboxylic acids is 3. The van der Waals surface area contributed by atoms with Crippen LogP contribution in [0.2, 0.25) is 0 Å². The molecule has 0 unspecified atom stereocenters. The summed E-state index contributed by atoms with van der Waals surface area (Å²) in [5, 5.41) is 0.617. The number of hydrogen-bond donors (Lipinski definition) is 0. The normalized spacial score (nSPS) is 14.9. The van der Waals surface area contributed by atoms with Crippen molar-refractivity contribution in [3.63, 3.8) is 0 Å². The van der Waals surface area contributed by atoms with Gasteiger partial charge >= 0.3 is 5.97 Å². The van der Waals surface area contributed by atoms with Crippen molar-refractivity contribution in [2.75, 3.05) is 0 Å². The van der Waals surface area contributed by atoms with E-state index in [1.165, 1.54) is 25.7 Å². The van der Waals surface area contributed by atoms with Crippen molar-refractivity contribution in [2.24, 2.45) is 0 Å². The molecule has 1 heterocycles. The smallest absolute Gasteiger partial charge is 0.330 e. The Hall–Kier alpha value is -2.17. The number of nitrogens with zero attached hydrogens (tertiary/aromatic N) is 1. The lowest BCUT2D eigenvalue weighted by Crippen LogP contribution is -2.31. The second-order valence-electron chi connectivity index (χ2n) is 7.38. The molecule has 0 aliphatic carbocycles. The summed E-state index contributed by atoms with van der Waals surface area (Å²) in [7, 11) is 0. The van der Waals surface area contributed by atoms with E-state index in [9.17, 15) is 14.4 Å². The number of carbonyl (C=O) groups is 3. The molecule has 1 aliphatic rings. The molecule has 5 nitrogen and oxygen atoms in total. The third-order valence-corrected chi connectivity index (χ3v) is 4.72. The summed E-state index contributed by atoms with van der Waals surface area (Å²) in [6.07, 6.45) is 25.8. The molecule has 0 saturated carbocycles. The van der Waals surface area contributed by atoms with Crippen LogP contribution in [0.1, 0.15) is 96.8 Å². The van der Waals surface area contributed by atoms with Gasteiger partial charge in [0.1, 0.15) is 0 Å². The maximum Gasteiger partial charge on any atom is 0.333 e. The highest BCUT2D eigenvalue weighted by Gasteiger charge is 2.32. The second kappa shape index (κ2) is 16.8. The summed E-state index contributed by atoms with van der Waals surface area (Å²) in [4.78, 5) is 39.2. The quantitative estimate of drug-likeness (QED) is 0.181. The van der Waals surface area contributed by atoms with Gasteiger partial charge in [0.25, 0.3) is 11.8 Å². The first-order chi connectivity index (χ1) is 14.1. The fraction of sp³-hybridized carbons (Fsp3) is 0.625. The van der Waals surface area contributed by atoms with E-state index >= 15 is 0 Å². The zero-order chi connectivity index (χ0) is 21.2. The van der Waals surface area contributed by atoms with Crippen molar-refractivity contribution in [1.82, 2.24) is 5.06 Å². The topological polar surface area (TPSA) is 63.7 Å². The van der Waals surface area contributed by atoms with Crippen LogP contribution in [0.5, 0.6) is 0 Å². The van der Waals surface area contributed by atoms with Crippen molar-refractivity contribution in [1.29, 1.82) is 0 Å². The number of hydrogen-bond acceptors (Lipinski definition) is 4. The van der Waals surface area contributed by atoms with Crippen molar-refractivity contribution in [3.05, 3.63) is 36.5 Å². The van der Waals surface area contributed by atoms with E-state index in [2.05, 4.69) is 43.4 Å². The van der Waals surface area contributed by atoms with Crippen LogP contribution < -0.4 is 0 Å². The summed E-state index contributed by atoms with van der Waals surface area (Å²) in [5.74, 6) is -1.36. The molecule has 0 atom stereocenters. The van der Waals surface area contributed by atoms with Crippen LogP contribution >= 0.6 is 0 Å². The minimum Gasteiger partial charge on any atom is -0.330 e. The van der Waals surface area contributed by atoms with Crippen LogP contribution in [0.15, 0.2) is 36.5 Å². The number of allylic oxidation sites excluding steroid dienone is 6. The molecule has 0 aromatic rings. The van der Waals surface area contributed by atoms with Crippen LogP contribution in [0, 0.1) is 0 Å². The Labute approximate surface area is 175 Å². The zero-order valence-corrected chi connectivity index (χ0v) is 17.9. The van der Waals surface area contributed by atoms with Crippen molar-refractivity contribution in [2.45, 2.75) is 96.8 Å². The Bertz CT molecular complexity index is 561. The molecule has 162 valence electrons. The van der Waals surface area contributed by atoms with Crippen LogP contribution in [-0.4, -0.2) is 22.8 Å². The number of rotatable bonds is 16. The summed E-state index contributed by atoms with van der Waals surface area (Å²) >= 11 is 0. The van der Waals surface area contributed by atoms with Gasteiger partial charge in [0.15, 0.2) is 0 Å². The Balaban J connectivity index is 1.91. The van der Waals surface area contributed by atoms with E-state index in [4.69, 9.17) is 4.84 Å². The first kappa shape index (κ1) is 24.9. The van der Waals surface area contributed by atoms with Crippen LogP contribution in [0.25, 0.3) is 0 Å². The molecule has 0 bridgehead atoms. The van der Waals surface area contributed by atoms with E-state index in [1.54, 1.807) is 0 Å². The van der Waals surface area contributed by atoms with Gasteiger partial charge in [-0.05, 0) is 44.9 Å². The predicted octanol–water partition coefficient (Wildman–Crippen LogP) is 5.96.